The number of benzene rings is 2. The minimum absolute atomic E-state index is 0.0333. The lowest BCUT2D eigenvalue weighted by Crippen LogP contribution is -2.36. The summed E-state index contributed by atoms with van der Waals surface area (Å²) in [4.78, 5) is 12.9. The molecule has 0 aromatic heterocycles. The monoisotopic (exact) mass is 371 g/mol. The van der Waals surface area contributed by atoms with Gasteiger partial charge in [-0.25, -0.2) is 4.39 Å². The number of halogens is 1. The Kier molecular flexibility index (Phi) is 6.73. The SMILES string of the molecule is CC(C)(CC(C)(C)c1ccc(F)cc1)C(=O)Nc1ccc(CCNN)cc1. The highest BCUT2D eigenvalue weighted by atomic mass is 19.1. The molecule has 0 heterocycles. The lowest BCUT2D eigenvalue weighted by Gasteiger charge is -2.34. The van der Waals surface area contributed by atoms with E-state index < -0.39 is 5.41 Å². The fourth-order valence-electron chi connectivity index (χ4n) is 3.46. The standard InChI is InChI=1S/C22H30FN3O/c1-21(2,17-7-9-18(23)10-8-17)15-22(3,4)20(27)26-19-11-5-16(6-12-19)13-14-25-24/h5-12,25H,13-15,24H2,1-4H3,(H,26,27). The summed E-state index contributed by atoms with van der Waals surface area (Å²) in [7, 11) is 0. The van der Waals surface area contributed by atoms with E-state index >= 15 is 0 Å². The number of carbonyl (C=O) groups excluding carboxylic acids is 1. The molecule has 0 saturated heterocycles. The van der Waals surface area contributed by atoms with E-state index in [1.165, 1.54) is 12.1 Å². The Hall–Kier alpha value is -2.24. The minimum Gasteiger partial charge on any atom is -0.326 e. The third kappa shape index (κ3) is 5.88. The van der Waals surface area contributed by atoms with Gasteiger partial charge >= 0.3 is 0 Å². The Balaban J connectivity index is 2.04. The van der Waals surface area contributed by atoms with Crippen molar-refractivity contribution in [3.8, 4) is 0 Å². The molecule has 4 nitrogen and oxygen atoms in total. The molecule has 146 valence electrons. The fraction of sp³-hybridized carbons (Fsp3) is 0.409. The van der Waals surface area contributed by atoms with Crippen molar-refractivity contribution in [1.82, 2.24) is 5.43 Å². The van der Waals surface area contributed by atoms with Crippen molar-refractivity contribution in [2.24, 2.45) is 11.3 Å². The Labute approximate surface area is 161 Å². The predicted molar refractivity (Wildman–Crippen MR) is 109 cm³/mol. The summed E-state index contributed by atoms with van der Waals surface area (Å²) in [5.74, 6) is 5.01. The van der Waals surface area contributed by atoms with Gasteiger partial charge in [-0.2, -0.15) is 0 Å². The molecule has 27 heavy (non-hydrogen) atoms. The summed E-state index contributed by atoms with van der Waals surface area (Å²) >= 11 is 0. The molecule has 2 aromatic rings. The molecule has 0 bridgehead atoms. The molecule has 4 N–H and O–H groups in total. The van der Waals surface area contributed by atoms with Crippen LogP contribution < -0.4 is 16.6 Å². The Morgan fingerprint density at radius 1 is 1.00 bits per heavy atom. The molecule has 0 unspecified atom stereocenters. The zero-order valence-corrected chi connectivity index (χ0v) is 16.6. The first-order valence-corrected chi connectivity index (χ1v) is 9.24. The largest absolute Gasteiger partial charge is 0.326 e. The van der Waals surface area contributed by atoms with E-state index in [9.17, 15) is 9.18 Å². The molecule has 1 amide bonds. The quantitative estimate of drug-likeness (QED) is 0.482. The number of nitrogens with one attached hydrogen (secondary N) is 2. The number of nitrogens with two attached hydrogens (primary N) is 1. The molecule has 2 aromatic carbocycles. The van der Waals surface area contributed by atoms with Crippen LogP contribution in [0.4, 0.5) is 10.1 Å². The highest BCUT2D eigenvalue weighted by Crippen LogP contribution is 2.37. The van der Waals surface area contributed by atoms with Crippen LogP contribution in [-0.2, 0) is 16.6 Å². The van der Waals surface area contributed by atoms with Crippen molar-refractivity contribution in [2.45, 2.75) is 46.0 Å². The molecule has 0 spiro atoms. The van der Waals surface area contributed by atoms with E-state index in [1.54, 1.807) is 12.1 Å². The molecule has 0 radical (unpaired) electrons. The van der Waals surface area contributed by atoms with Gasteiger partial charge in [0.15, 0.2) is 0 Å². The Morgan fingerprint density at radius 2 is 1.59 bits per heavy atom. The number of carbonyl (C=O) groups is 1. The van der Waals surface area contributed by atoms with Crippen LogP contribution >= 0.6 is 0 Å². The van der Waals surface area contributed by atoms with E-state index in [0.717, 1.165) is 23.2 Å². The Morgan fingerprint density at radius 3 is 2.15 bits per heavy atom. The smallest absolute Gasteiger partial charge is 0.230 e. The van der Waals surface area contributed by atoms with Crippen LogP contribution in [0.25, 0.3) is 0 Å². The molecular formula is C22H30FN3O. The summed E-state index contributed by atoms with van der Waals surface area (Å²) in [6.07, 6.45) is 1.47. The second kappa shape index (κ2) is 8.63. The number of anilines is 1. The van der Waals surface area contributed by atoms with Crippen molar-refractivity contribution in [2.75, 3.05) is 11.9 Å². The molecule has 0 saturated carbocycles. The van der Waals surface area contributed by atoms with Crippen molar-refractivity contribution in [3.63, 3.8) is 0 Å². The third-order valence-corrected chi connectivity index (χ3v) is 4.89. The molecule has 0 atom stereocenters. The number of hydrazine groups is 1. The van der Waals surface area contributed by atoms with Crippen LogP contribution in [0.15, 0.2) is 48.5 Å². The second-order valence-corrected chi connectivity index (χ2v) is 8.31. The van der Waals surface area contributed by atoms with Gasteiger partial charge in [0.2, 0.25) is 5.91 Å². The first kappa shape index (κ1) is 21.1. The third-order valence-electron chi connectivity index (χ3n) is 4.89. The molecule has 2 rings (SSSR count). The van der Waals surface area contributed by atoms with E-state index in [-0.39, 0.29) is 17.1 Å². The van der Waals surface area contributed by atoms with Gasteiger partial charge in [0.1, 0.15) is 5.82 Å². The van der Waals surface area contributed by atoms with Crippen LogP contribution in [0, 0.1) is 11.2 Å². The van der Waals surface area contributed by atoms with Gasteiger partial charge in [0.25, 0.3) is 0 Å². The van der Waals surface area contributed by atoms with Crippen LogP contribution in [0.1, 0.15) is 45.2 Å². The van der Waals surface area contributed by atoms with E-state index in [2.05, 4.69) is 24.6 Å². The van der Waals surface area contributed by atoms with Crippen molar-refractivity contribution < 1.29 is 9.18 Å². The van der Waals surface area contributed by atoms with Gasteiger partial charge in [-0.05, 0) is 53.6 Å². The molecule has 0 aliphatic rings. The number of hydrogen-bond donors (Lipinski definition) is 3. The average Bonchev–Trinajstić information content (AvgIpc) is 2.60. The zero-order chi connectivity index (χ0) is 20.1. The minimum atomic E-state index is -0.583. The lowest BCUT2D eigenvalue weighted by atomic mass is 9.71. The van der Waals surface area contributed by atoms with E-state index in [4.69, 9.17) is 5.84 Å². The summed E-state index contributed by atoms with van der Waals surface area (Å²) in [5.41, 5.74) is 4.74. The fourth-order valence-corrected chi connectivity index (χ4v) is 3.46. The first-order valence-electron chi connectivity index (χ1n) is 9.24. The summed E-state index contributed by atoms with van der Waals surface area (Å²) in [5, 5.41) is 3.01. The van der Waals surface area contributed by atoms with Gasteiger partial charge in [-0.3, -0.25) is 16.1 Å². The van der Waals surface area contributed by atoms with E-state index in [1.807, 2.05) is 38.1 Å². The second-order valence-electron chi connectivity index (χ2n) is 8.31. The van der Waals surface area contributed by atoms with Crippen LogP contribution in [0.3, 0.4) is 0 Å². The van der Waals surface area contributed by atoms with Gasteiger partial charge < -0.3 is 5.32 Å². The Bertz CT molecular complexity index is 752. The molecule has 0 aliphatic heterocycles. The molecular weight excluding hydrogens is 341 g/mol. The van der Waals surface area contributed by atoms with Gasteiger partial charge in [0, 0.05) is 17.6 Å². The topological polar surface area (TPSA) is 67.2 Å². The average molecular weight is 372 g/mol. The van der Waals surface area contributed by atoms with Crippen molar-refractivity contribution in [1.29, 1.82) is 0 Å². The number of amides is 1. The molecule has 0 fully saturated rings. The maximum Gasteiger partial charge on any atom is 0.230 e. The van der Waals surface area contributed by atoms with Gasteiger partial charge in [-0.1, -0.05) is 52.0 Å². The first-order chi connectivity index (χ1) is 12.6. The highest BCUT2D eigenvalue weighted by Gasteiger charge is 2.35. The number of rotatable bonds is 8. The van der Waals surface area contributed by atoms with E-state index in [0.29, 0.717) is 13.0 Å². The molecule has 0 aliphatic carbocycles. The number of hydrogen-bond acceptors (Lipinski definition) is 3. The summed E-state index contributed by atoms with van der Waals surface area (Å²) < 4.78 is 13.2. The highest BCUT2D eigenvalue weighted by molar-refractivity contribution is 5.94. The van der Waals surface area contributed by atoms with Crippen LogP contribution in [-0.4, -0.2) is 12.5 Å². The lowest BCUT2D eigenvalue weighted by molar-refractivity contribution is -0.124. The summed E-state index contributed by atoms with van der Waals surface area (Å²) in [6, 6.07) is 14.3. The summed E-state index contributed by atoms with van der Waals surface area (Å²) in [6.45, 7) is 8.74. The maximum absolute atomic E-state index is 13.2. The van der Waals surface area contributed by atoms with Gasteiger partial charge in [0.05, 0.1) is 0 Å². The van der Waals surface area contributed by atoms with Crippen molar-refractivity contribution >= 4 is 11.6 Å². The van der Waals surface area contributed by atoms with Crippen LogP contribution in [0.5, 0.6) is 0 Å². The molecule has 5 heteroatoms. The van der Waals surface area contributed by atoms with Crippen molar-refractivity contribution in [3.05, 3.63) is 65.5 Å². The van der Waals surface area contributed by atoms with Gasteiger partial charge in [-0.15, -0.1) is 0 Å². The van der Waals surface area contributed by atoms with Crippen LogP contribution in [0.2, 0.25) is 0 Å². The predicted octanol–water partition coefficient (Wildman–Crippen LogP) is 4.16. The maximum atomic E-state index is 13.2. The zero-order valence-electron chi connectivity index (χ0n) is 16.6. The normalized spacial score (nSPS) is 12.1.